The zero-order chi connectivity index (χ0) is 13.1. The fraction of sp³-hybridized carbons (Fsp3) is 0.214. The monoisotopic (exact) mass is 279 g/mol. The van der Waals surface area contributed by atoms with E-state index >= 15 is 0 Å². The summed E-state index contributed by atoms with van der Waals surface area (Å²) in [5, 5.41) is 3.92. The lowest BCUT2D eigenvalue weighted by Crippen LogP contribution is -1.99. The Morgan fingerprint density at radius 2 is 2.17 bits per heavy atom. The van der Waals surface area contributed by atoms with Crippen LogP contribution in [0, 0.1) is 0 Å². The number of halogens is 1. The number of hydrogen-bond acceptors (Lipinski definition) is 3. The van der Waals surface area contributed by atoms with E-state index in [0.717, 1.165) is 27.5 Å². The molecule has 0 aliphatic heterocycles. The molecule has 2 nitrogen and oxygen atoms in total. The van der Waals surface area contributed by atoms with Crippen molar-refractivity contribution in [3.63, 3.8) is 0 Å². The maximum Gasteiger partial charge on any atom is 0.171 e. The Balaban J connectivity index is 2.46. The largest absolute Gasteiger partial charge is 0.384 e. The standard InChI is InChI=1S/C14H14ClNOS/c1-3-16-12-8-13(18-14(12)9(2)17)10-5-4-6-11(15)7-10/h4-8,16H,3H2,1-2H3. The van der Waals surface area contributed by atoms with Gasteiger partial charge in [-0.3, -0.25) is 4.79 Å². The topological polar surface area (TPSA) is 29.1 Å². The minimum atomic E-state index is 0.0872. The van der Waals surface area contributed by atoms with Crippen LogP contribution in [0.2, 0.25) is 5.02 Å². The summed E-state index contributed by atoms with van der Waals surface area (Å²) in [6, 6.07) is 9.68. The lowest BCUT2D eigenvalue weighted by molar-refractivity contribution is 0.102. The first-order valence-electron chi connectivity index (χ1n) is 5.76. The summed E-state index contributed by atoms with van der Waals surface area (Å²) in [5.41, 5.74) is 1.95. The molecule has 2 rings (SSSR count). The fourth-order valence-electron chi connectivity index (χ4n) is 1.76. The maximum absolute atomic E-state index is 11.6. The minimum absolute atomic E-state index is 0.0872. The molecule has 1 N–H and O–H groups in total. The van der Waals surface area contributed by atoms with E-state index in [2.05, 4.69) is 5.32 Å². The molecule has 4 heteroatoms. The Kier molecular flexibility index (Phi) is 4.04. The summed E-state index contributed by atoms with van der Waals surface area (Å²) in [6.07, 6.45) is 0. The van der Waals surface area contributed by atoms with Crippen LogP contribution in [0.3, 0.4) is 0 Å². The maximum atomic E-state index is 11.6. The van der Waals surface area contributed by atoms with Gasteiger partial charge >= 0.3 is 0 Å². The van der Waals surface area contributed by atoms with Crippen LogP contribution in [0.5, 0.6) is 0 Å². The Labute approximate surface area is 116 Å². The van der Waals surface area contributed by atoms with Crippen molar-refractivity contribution < 1.29 is 4.79 Å². The quantitative estimate of drug-likeness (QED) is 0.822. The average Bonchev–Trinajstić information content (AvgIpc) is 2.74. The lowest BCUT2D eigenvalue weighted by Gasteiger charge is -2.00. The number of ketones is 1. The molecule has 94 valence electrons. The molecule has 0 amide bonds. The van der Waals surface area contributed by atoms with Gasteiger partial charge in [-0.1, -0.05) is 23.7 Å². The summed E-state index contributed by atoms with van der Waals surface area (Å²) in [6.45, 7) is 4.40. The van der Waals surface area contributed by atoms with Crippen molar-refractivity contribution in [2.24, 2.45) is 0 Å². The van der Waals surface area contributed by atoms with E-state index < -0.39 is 0 Å². The number of anilines is 1. The zero-order valence-electron chi connectivity index (χ0n) is 10.3. The van der Waals surface area contributed by atoms with E-state index in [1.165, 1.54) is 11.3 Å². The third-order valence-electron chi connectivity index (χ3n) is 2.53. The van der Waals surface area contributed by atoms with E-state index in [9.17, 15) is 4.79 Å². The third kappa shape index (κ3) is 2.74. The number of thiophene rings is 1. The zero-order valence-corrected chi connectivity index (χ0v) is 11.9. The van der Waals surface area contributed by atoms with Crippen molar-refractivity contribution in [3.8, 4) is 10.4 Å². The molecule has 0 unspecified atom stereocenters. The molecule has 0 atom stereocenters. The van der Waals surface area contributed by atoms with Gasteiger partial charge in [0.2, 0.25) is 0 Å². The van der Waals surface area contributed by atoms with Gasteiger partial charge in [-0.25, -0.2) is 0 Å². The van der Waals surface area contributed by atoms with E-state index in [-0.39, 0.29) is 5.78 Å². The molecular formula is C14H14ClNOS. The van der Waals surface area contributed by atoms with Crippen LogP contribution < -0.4 is 5.32 Å². The van der Waals surface area contributed by atoms with Crippen LogP contribution in [0.25, 0.3) is 10.4 Å². The molecule has 0 saturated heterocycles. The van der Waals surface area contributed by atoms with E-state index in [1.807, 2.05) is 37.3 Å². The van der Waals surface area contributed by atoms with Crippen LogP contribution in [0.1, 0.15) is 23.5 Å². The number of hydrogen-bond donors (Lipinski definition) is 1. The number of carbonyl (C=O) groups excluding carboxylic acids is 1. The molecule has 1 heterocycles. The second-order valence-electron chi connectivity index (χ2n) is 3.95. The first kappa shape index (κ1) is 13.1. The highest BCUT2D eigenvalue weighted by Gasteiger charge is 2.13. The highest BCUT2D eigenvalue weighted by molar-refractivity contribution is 7.18. The molecule has 0 radical (unpaired) electrons. The van der Waals surface area contributed by atoms with Crippen LogP contribution >= 0.6 is 22.9 Å². The van der Waals surface area contributed by atoms with E-state index in [4.69, 9.17) is 11.6 Å². The van der Waals surface area contributed by atoms with Crippen LogP contribution in [0.15, 0.2) is 30.3 Å². The molecule has 0 bridgehead atoms. The summed E-state index contributed by atoms with van der Waals surface area (Å²) >= 11 is 7.49. The van der Waals surface area contributed by atoms with Crippen molar-refractivity contribution in [2.45, 2.75) is 13.8 Å². The van der Waals surface area contributed by atoms with E-state index in [1.54, 1.807) is 6.92 Å². The fourth-order valence-corrected chi connectivity index (χ4v) is 2.97. The molecule has 2 aromatic rings. The van der Waals surface area contributed by atoms with Crippen LogP contribution in [-0.4, -0.2) is 12.3 Å². The third-order valence-corrected chi connectivity index (χ3v) is 4.05. The van der Waals surface area contributed by atoms with Crippen molar-refractivity contribution in [2.75, 3.05) is 11.9 Å². The number of rotatable bonds is 4. The van der Waals surface area contributed by atoms with Crippen LogP contribution in [0.4, 0.5) is 5.69 Å². The van der Waals surface area contributed by atoms with Gasteiger partial charge in [0, 0.05) is 23.4 Å². The van der Waals surface area contributed by atoms with Crippen molar-refractivity contribution in [1.29, 1.82) is 0 Å². The highest BCUT2D eigenvalue weighted by atomic mass is 35.5. The van der Waals surface area contributed by atoms with Gasteiger partial charge in [-0.2, -0.15) is 0 Å². The van der Waals surface area contributed by atoms with Gasteiger partial charge in [0.05, 0.1) is 10.6 Å². The Hall–Kier alpha value is -1.32. The van der Waals surface area contributed by atoms with Crippen molar-refractivity contribution >= 4 is 34.4 Å². The normalized spacial score (nSPS) is 10.4. The van der Waals surface area contributed by atoms with Crippen molar-refractivity contribution in [3.05, 3.63) is 40.2 Å². The molecule has 0 fully saturated rings. The molecule has 1 aromatic heterocycles. The summed E-state index contributed by atoms with van der Waals surface area (Å²) in [5.74, 6) is 0.0872. The van der Waals surface area contributed by atoms with E-state index in [0.29, 0.717) is 5.02 Å². The van der Waals surface area contributed by atoms with Gasteiger partial charge in [-0.05, 0) is 30.7 Å². The van der Waals surface area contributed by atoms with Gasteiger partial charge in [0.15, 0.2) is 5.78 Å². The van der Waals surface area contributed by atoms with Crippen LogP contribution in [-0.2, 0) is 0 Å². The average molecular weight is 280 g/mol. The summed E-state index contributed by atoms with van der Waals surface area (Å²) in [7, 11) is 0. The molecule has 18 heavy (non-hydrogen) atoms. The molecule has 0 aliphatic rings. The second-order valence-corrected chi connectivity index (χ2v) is 5.44. The van der Waals surface area contributed by atoms with Gasteiger partial charge in [0.1, 0.15) is 0 Å². The van der Waals surface area contributed by atoms with Crippen molar-refractivity contribution in [1.82, 2.24) is 0 Å². The number of carbonyl (C=O) groups is 1. The summed E-state index contributed by atoms with van der Waals surface area (Å²) < 4.78 is 0. The van der Waals surface area contributed by atoms with Gasteiger partial charge < -0.3 is 5.32 Å². The Morgan fingerprint density at radius 3 is 2.78 bits per heavy atom. The number of benzene rings is 1. The Bertz CT molecular complexity index is 577. The lowest BCUT2D eigenvalue weighted by atomic mass is 10.2. The predicted molar refractivity (Wildman–Crippen MR) is 78.9 cm³/mol. The molecule has 0 spiro atoms. The minimum Gasteiger partial charge on any atom is -0.384 e. The molecular weight excluding hydrogens is 266 g/mol. The number of Topliss-reactive ketones (excluding diaryl/α,β-unsaturated/α-hetero) is 1. The molecule has 0 aliphatic carbocycles. The first-order valence-corrected chi connectivity index (χ1v) is 6.96. The predicted octanol–water partition coefficient (Wildman–Crippen LogP) is 4.70. The SMILES string of the molecule is CCNc1cc(-c2cccc(Cl)c2)sc1C(C)=O. The van der Waals surface area contributed by atoms with Gasteiger partial charge in [-0.15, -0.1) is 11.3 Å². The molecule has 1 aromatic carbocycles. The van der Waals surface area contributed by atoms with Gasteiger partial charge in [0.25, 0.3) is 0 Å². The molecule has 0 saturated carbocycles. The highest BCUT2D eigenvalue weighted by Crippen LogP contribution is 2.35. The Morgan fingerprint density at radius 1 is 1.39 bits per heavy atom. The first-order chi connectivity index (χ1) is 8.61. The second kappa shape index (κ2) is 5.55. The number of nitrogens with one attached hydrogen (secondary N) is 1. The summed E-state index contributed by atoms with van der Waals surface area (Å²) in [4.78, 5) is 13.4. The smallest absolute Gasteiger partial charge is 0.171 e.